The second-order valence-electron chi connectivity index (χ2n) is 4.33. The predicted molar refractivity (Wildman–Crippen MR) is 72.5 cm³/mol. The zero-order valence-electron chi connectivity index (χ0n) is 10.9. The molecular weight excluding hydrogens is 226 g/mol. The van der Waals surface area contributed by atoms with Gasteiger partial charge >= 0.3 is 0 Å². The van der Waals surface area contributed by atoms with Gasteiger partial charge < -0.3 is 9.84 Å². The summed E-state index contributed by atoms with van der Waals surface area (Å²) in [5.74, 6) is 1.23. The van der Waals surface area contributed by atoms with E-state index in [1.165, 1.54) is 19.3 Å². The molecule has 0 unspecified atom stereocenters. The van der Waals surface area contributed by atoms with Crippen molar-refractivity contribution >= 4 is 5.69 Å². The van der Waals surface area contributed by atoms with E-state index in [0.717, 1.165) is 17.8 Å². The molecule has 0 aliphatic rings. The molecule has 0 spiro atoms. The Bertz CT molecular complexity index is 493. The largest absolute Gasteiger partial charge is 0.384 e. The first-order chi connectivity index (χ1) is 8.81. The summed E-state index contributed by atoms with van der Waals surface area (Å²) in [6.45, 7) is 5.00. The molecule has 0 amide bonds. The molecule has 0 atom stereocenters. The third kappa shape index (κ3) is 3.09. The fourth-order valence-corrected chi connectivity index (χ4v) is 1.83. The lowest BCUT2D eigenvalue weighted by atomic mass is 10.1. The Hall–Kier alpha value is -1.84. The average molecular weight is 245 g/mol. The quantitative estimate of drug-likeness (QED) is 0.789. The van der Waals surface area contributed by atoms with Crippen molar-refractivity contribution in [2.75, 3.05) is 11.9 Å². The van der Waals surface area contributed by atoms with E-state index in [1.807, 2.05) is 31.2 Å². The average Bonchev–Trinajstić information content (AvgIpc) is 2.82. The third-order valence-electron chi connectivity index (χ3n) is 2.78. The van der Waals surface area contributed by atoms with Crippen LogP contribution in [0.3, 0.4) is 0 Å². The van der Waals surface area contributed by atoms with E-state index in [0.29, 0.717) is 11.7 Å². The minimum absolute atomic E-state index is 0.575. The van der Waals surface area contributed by atoms with Gasteiger partial charge in [0.05, 0.1) is 5.56 Å². The zero-order chi connectivity index (χ0) is 12.8. The van der Waals surface area contributed by atoms with E-state index < -0.39 is 0 Å². The maximum absolute atomic E-state index is 5.22. The number of anilines is 1. The number of nitrogens with one attached hydrogen (secondary N) is 1. The Kier molecular flexibility index (Phi) is 4.34. The molecule has 4 nitrogen and oxygen atoms in total. The van der Waals surface area contributed by atoms with Gasteiger partial charge in [-0.3, -0.25) is 0 Å². The number of hydrogen-bond donors (Lipinski definition) is 1. The first-order valence-electron chi connectivity index (χ1n) is 6.45. The van der Waals surface area contributed by atoms with E-state index in [4.69, 9.17) is 4.52 Å². The first-order valence-corrected chi connectivity index (χ1v) is 6.45. The zero-order valence-corrected chi connectivity index (χ0v) is 10.9. The van der Waals surface area contributed by atoms with Crippen molar-refractivity contribution in [3.63, 3.8) is 0 Å². The maximum atomic E-state index is 5.22. The van der Waals surface area contributed by atoms with Crippen molar-refractivity contribution in [1.29, 1.82) is 0 Å². The first kappa shape index (κ1) is 12.6. The highest BCUT2D eigenvalue weighted by atomic mass is 16.5. The van der Waals surface area contributed by atoms with Gasteiger partial charge in [-0.2, -0.15) is 4.98 Å². The highest BCUT2D eigenvalue weighted by Gasteiger charge is 2.10. The lowest BCUT2D eigenvalue weighted by molar-refractivity contribution is 0.426. The Morgan fingerprint density at radius 2 is 2.06 bits per heavy atom. The Balaban J connectivity index is 2.10. The van der Waals surface area contributed by atoms with Crippen molar-refractivity contribution < 1.29 is 4.52 Å². The van der Waals surface area contributed by atoms with Gasteiger partial charge in [0.1, 0.15) is 0 Å². The van der Waals surface area contributed by atoms with Crippen LogP contribution in [-0.2, 0) is 0 Å². The van der Waals surface area contributed by atoms with E-state index in [9.17, 15) is 0 Å². The molecule has 0 fully saturated rings. The minimum atomic E-state index is 0.575. The van der Waals surface area contributed by atoms with Gasteiger partial charge in [-0.05, 0) is 25.5 Å². The number of hydrogen-bond acceptors (Lipinski definition) is 4. The summed E-state index contributed by atoms with van der Waals surface area (Å²) < 4.78 is 5.22. The molecule has 0 saturated heterocycles. The molecule has 1 N–H and O–H groups in total. The lowest BCUT2D eigenvalue weighted by Gasteiger charge is -2.08. The molecule has 0 bridgehead atoms. The molecule has 1 aromatic carbocycles. The number of aromatic nitrogens is 2. The molecule has 0 aliphatic carbocycles. The summed E-state index contributed by atoms with van der Waals surface area (Å²) in [7, 11) is 0. The van der Waals surface area contributed by atoms with Gasteiger partial charge in [-0.15, -0.1) is 0 Å². The van der Waals surface area contributed by atoms with Crippen molar-refractivity contribution in [1.82, 2.24) is 10.1 Å². The van der Waals surface area contributed by atoms with Crippen LogP contribution < -0.4 is 5.32 Å². The number of unbranched alkanes of at least 4 members (excludes halogenated alkanes) is 2. The van der Waals surface area contributed by atoms with Gasteiger partial charge in [0.2, 0.25) is 0 Å². The van der Waals surface area contributed by atoms with Crippen LogP contribution in [0.15, 0.2) is 28.8 Å². The molecule has 18 heavy (non-hydrogen) atoms. The molecule has 0 saturated carbocycles. The minimum Gasteiger partial charge on any atom is -0.384 e. The number of benzene rings is 1. The number of rotatable bonds is 6. The molecule has 1 aromatic heterocycles. The summed E-state index contributed by atoms with van der Waals surface area (Å²) in [6.07, 6.45) is 3.65. The van der Waals surface area contributed by atoms with Crippen molar-refractivity contribution in [2.24, 2.45) is 0 Å². The van der Waals surface area contributed by atoms with Crippen LogP contribution in [0.1, 0.15) is 32.0 Å². The molecule has 2 aromatic rings. The van der Waals surface area contributed by atoms with E-state index >= 15 is 0 Å². The normalized spacial score (nSPS) is 10.6. The van der Waals surface area contributed by atoms with Crippen LogP contribution in [0.2, 0.25) is 0 Å². The summed E-state index contributed by atoms with van der Waals surface area (Å²) in [4.78, 5) is 4.27. The summed E-state index contributed by atoms with van der Waals surface area (Å²) in [6, 6.07) is 8.02. The Morgan fingerprint density at radius 1 is 1.22 bits per heavy atom. The molecule has 96 valence electrons. The fourth-order valence-electron chi connectivity index (χ4n) is 1.83. The van der Waals surface area contributed by atoms with Crippen LogP contribution in [0.25, 0.3) is 11.5 Å². The number of para-hydroxylation sites is 1. The van der Waals surface area contributed by atoms with E-state index in [2.05, 4.69) is 22.4 Å². The molecule has 2 rings (SSSR count). The van der Waals surface area contributed by atoms with Crippen LogP contribution >= 0.6 is 0 Å². The molecular formula is C14H19N3O. The topological polar surface area (TPSA) is 51.0 Å². The number of nitrogens with zero attached hydrogens (tertiary/aromatic N) is 2. The van der Waals surface area contributed by atoms with Crippen LogP contribution in [0.5, 0.6) is 0 Å². The van der Waals surface area contributed by atoms with Crippen LogP contribution in [-0.4, -0.2) is 16.7 Å². The molecule has 0 radical (unpaired) electrons. The third-order valence-corrected chi connectivity index (χ3v) is 2.78. The smallest absolute Gasteiger partial charge is 0.260 e. The van der Waals surface area contributed by atoms with Crippen molar-refractivity contribution in [3.05, 3.63) is 30.1 Å². The maximum Gasteiger partial charge on any atom is 0.260 e. The molecule has 1 heterocycles. The van der Waals surface area contributed by atoms with E-state index in [-0.39, 0.29) is 0 Å². The highest BCUT2D eigenvalue weighted by Crippen LogP contribution is 2.26. The van der Waals surface area contributed by atoms with Gasteiger partial charge in [-0.25, -0.2) is 0 Å². The Morgan fingerprint density at radius 3 is 2.78 bits per heavy atom. The summed E-state index contributed by atoms with van der Waals surface area (Å²) >= 11 is 0. The SMILES string of the molecule is CCCCCNc1ccccc1-c1nc(C)no1. The number of aryl methyl sites for hydroxylation is 1. The second kappa shape index (κ2) is 6.19. The Labute approximate surface area is 107 Å². The van der Waals surface area contributed by atoms with Crippen LogP contribution in [0, 0.1) is 6.92 Å². The van der Waals surface area contributed by atoms with Gasteiger partial charge in [0.25, 0.3) is 5.89 Å². The van der Waals surface area contributed by atoms with Gasteiger partial charge in [0, 0.05) is 12.2 Å². The van der Waals surface area contributed by atoms with E-state index in [1.54, 1.807) is 0 Å². The second-order valence-corrected chi connectivity index (χ2v) is 4.33. The summed E-state index contributed by atoms with van der Waals surface area (Å²) in [5.41, 5.74) is 2.02. The molecule has 0 aliphatic heterocycles. The molecule has 4 heteroatoms. The summed E-state index contributed by atoms with van der Waals surface area (Å²) in [5, 5.41) is 7.26. The van der Waals surface area contributed by atoms with Gasteiger partial charge in [-0.1, -0.05) is 37.1 Å². The standard InChI is InChI=1S/C14H19N3O/c1-3-4-7-10-15-13-9-6-5-8-12(13)14-16-11(2)17-18-14/h5-6,8-9,15H,3-4,7,10H2,1-2H3. The highest BCUT2D eigenvalue weighted by molar-refractivity contribution is 5.72. The van der Waals surface area contributed by atoms with Gasteiger partial charge in [0.15, 0.2) is 5.82 Å². The predicted octanol–water partition coefficient (Wildman–Crippen LogP) is 3.65. The van der Waals surface area contributed by atoms with Crippen LogP contribution in [0.4, 0.5) is 5.69 Å². The van der Waals surface area contributed by atoms with Crippen molar-refractivity contribution in [2.45, 2.75) is 33.1 Å². The van der Waals surface area contributed by atoms with Crippen molar-refractivity contribution in [3.8, 4) is 11.5 Å². The lowest BCUT2D eigenvalue weighted by Crippen LogP contribution is -2.02. The monoisotopic (exact) mass is 245 g/mol. The fraction of sp³-hybridized carbons (Fsp3) is 0.429.